The predicted octanol–water partition coefficient (Wildman–Crippen LogP) is 4.06. The van der Waals surface area contributed by atoms with Crippen molar-refractivity contribution in [1.82, 2.24) is 10.3 Å². The van der Waals surface area contributed by atoms with E-state index in [-0.39, 0.29) is 17.6 Å². The number of ketones is 1. The largest absolute Gasteiger partial charge is 0.362 e. The number of anilines is 1. The third kappa shape index (κ3) is 3.32. The van der Waals surface area contributed by atoms with Crippen LogP contribution in [0.4, 0.5) is 5.82 Å². The minimum absolute atomic E-state index is 0.131. The molecule has 2 aliphatic rings. The number of carbonyl (C=O) groups excluding carboxylic acids is 2. The summed E-state index contributed by atoms with van der Waals surface area (Å²) in [5.74, 6) is 0.0925. The zero-order valence-corrected chi connectivity index (χ0v) is 16.2. The van der Waals surface area contributed by atoms with E-state index in [0.717, 1.165) is 41.1 Å². The lowest BCUT2D eigenvalue weighted by atomic mass is 9.75. The second kappa shape index (κ2) is 7.12. The summed E-state index contributed by atoms with van der Waals surface area (Å²) in [7, 11) is 0. The second-order valence-corrected chi connectivity index (χ2v) is 7.72. The van der Waals surface area contributed by atoms with Crippen molar-refractivity contribution < 1.29 is 9.59 Å². The van der Waals surface area contributed by atoms with Gasteiger partial charge in [-0.3, -0.25) is 9.59 Å². The highest BCUT2D eigenvalue weighted by molar-refractivity contribution is 7.08. The van der Waals surface area contributed by atoms with Crippen LogP contribution < -0.4 is 10.6 Å². The molecule has 0 bridgehead atoms. The molecule has 1 aliphatic carbocycles. The van der Waals surface area contributed by atoms with Crippen molar-refractivity contribution in [2.45, 2.75) is 39.0 Å². The van der Waals surface area contributed by atoms with E-state index < -0.39 is 0 Å². The Kier molecular flexibility index (Phi) is 4.66. The predicted molar refractivity (Wildman–Crippen MR) is 106 cm³/mol. The topological polar surface area (TPSA) is 71.1 Å². The maximum Gasteiger partial charge on any atom is 0.255 e. The highest BCUT2D eigenvalue weighted by atomic mass is 32.1. The Balaban J connectivity index is 1.75. The lowest BCUT2D eigenvalue weighted by Crippen LogP contribution is -2.35. The molecule has 0 unspecified atom stereocenters. The van der Waals surface area contributed by atoms with Crippen molar-refractivity contribution in [1.29, 1.82) is 0 Å². The third-order valence-electron chi connectivity index (χ3n) is 5.03. The number of Topliss-reactive ketones (excluding diaryl/α,β-unsaturated/α-hetero) is 1. The number of allylic oxidation sites excluding steroid dienone is 3. The molecule has 2 aromatic heterocycles. The monoisotopic (exact) mass is 379 g/mol. The molecule has 0 radical (unpaired) electrons. The summed E-state index contributed by atoms with van der Waals surface area (Å²) >= 11 is 1.57. The minimum atomic E-state index is -0.329. The fraction of sp³-hybridized carbons (Fsp3) is 0.286. The van der Waals surface area contributed by atoms with E-state index in [9.17, 15) is 9.59 Å². The van der Waals surface area contributed by atoms with Crippen molar-refractivity contribution in [3.05, 3.63) is 68.8 Å². The van der Waals surface area contributed by atoms with Gasteiger partial charge in [0.25, 0.3) is 5.91 Å². The summed E-state index contributed by atoms with van der Waals surface area (Å²) < 4.78 is 0. The molecule has 3 heterocycles. The number of thiophene rings is 1. The van der Waals surface area contributed by atoms with E-state index in [4.69, 9.17) is 0 Å². The number of dihydropyridines is 1. The summed E-state index contributed by atoms with van der Waals surface area (Å²) in [6, 6.07) is 7.51. The first-order valence-corrected chi connectivity index (χ1v) is 10.00. The van der Waals surface area contributed by atoms with E-state index in [1.807, 2.05) is 42.8 Å². The average molecular weight is 379 g/mol. The van der Waals surface area contributed by atoms with Crippen LogP contribution in [0.15, 0.2) is 57.6 Å². The van der Waals surface area contributed by atoms with E-state index in [0.29, 0.717) is 17.8 Å². The Morgan fingerprint density at radius 3 is 2.85 bits per heavy atom. The van der Waals surface area contributed by atoms with Crippen LogP contribution in [0.5, 0.6) is 0 Å². The molecule has 5 nitrogen and oxygen atoms in total. The number of rotatable bonds is 3. The van der Waals surface area contributed by atoms with Gasteiger partial charge in [0.1, 0.15) is 5.82 Å². The number of nitrogens with zero attached hydrogens (tertiary/aromatic N) is 1. The van der Waals surface area contributed by atoms with Gasteiger partial charge in [0.2, 0.25) is 0 Å². The first kappa shape index (κ1) is 17.7. The van der Waals surface area contributed by atoms with E-state index in [1.54, 1.807) is 17.4 Å². The smallest absolute Gasteiger partial charge is 0.255 e. The maximum atomic E-state index is 13.2. The SMILES string of the molecule is CC1=C(C(=O)Nc2cccc(C)n2)[C@H](c2ccsc2)C2=C(CCCC2=O)N1. The van der Waals surface area contributed by atoms with E-state index in [2.05, 4.69) is 15.6 Å². The van der Waals surface area contributed by atoms with Crippen LogP contribution in [-0.2, 0) is 9.59 Å². The number of nitrogens with one attached hydrogen (secondary N) is 2. The summed E-state index contributed by atoms with van der Waals surface area (Å²) in [5, 5.41) is 10.2. The maximum absolute atomic E-state index is 13.2. The molecule has 0 aromatic carbocycles. The molecule has 1 atom stereocenters. The molecular weight excluding hydrogens is 358 g/mol. The summed E-state index contributed by atoms with van der Waals surface area (Å²) in [6.45, 7) is 3.79. The Morgan fingerprint density at radius 1 is 1.26 bits per heavy atom. The fourth-order valence-corrected chi connectivity index (χ4v) is 4.54. The van der Waals surface area contributed by atoms with Crippen molar-refractivity contribution >= 4 is 28.8 Å². The lowest BCUT2D eigenvalue weighted by Gasteiger charge is -2.34. The quantitative estimate of drug-likeness (QED) is 0.844. The van der Waals surface area contributed by atoms with Gasteiger partial charge in [0.05, 0.1) is 0 Å². The molecule has 1 aliphatic heterocycles. The fourth-order valence-electron chi connectivity index (χ4n) is 3.85. The first-order chi connectivity index (χ1) is 13.0. The number of carbonyl (C=O) groups is 2. The van der Waals surface area contributed by atoms with Crippen LogP contribution in [0.3, 0.4) is 0 Å². The van der Waals surface area contributed by atoms with Crippen LogP contribution in [-0.4, -0.2) is 16.7 Å². The van der Waals surface area contributed by atoms with Gasteiger partial charge in [0.15, 0.2) is 5.78 Å². The van der Waals surface area contributed by atoms with Crippen LogP contribution in [0, 0.1) is 6.92 Å². The molecular formula is C21H21N3O2S. The minimum Gasteiger partial charge on any atom is -0.362 e. The average Bonchev–Trinajstić information content (AvgIpc) is 3.15. The number of aromatic nitrogens is 1. The molecule has 27 heavy (non-hydrogen) atoms. The molecule has 138 valence electrons. The summed E-state index contributed by atoms with van der Waals surface area (Å²) in [5.41, 5.74) is 4.92. The van der Waals surface area contributed by atoms with E-state index >= 15 is 0 Å². The molecule has 1 amide bonds. The van der Waals surface area contributed by atoms with Crippen molar-refractivity contribution in [2.75, 3.05) is 5.32 Å². The van der Waals surface area contributed by atoms with Gasteiger partial charge in [-0.15, -0.1) is 0 Å². The van der Waals surface area contributed by atoms with Crippen molar-refractivity contribution in [3.63, 3.8) is 0 Å². The van der Waals surface area contributed by atoms with Gasteiger partial charge >= 0.3 is 0 Å². The Hall–Kier alpha value is -2.73. The molecule has 4 rings (SSSR count). The van der Waals surface area contributed by atoms with Crippen LogP contribution in [0.2, 0.25) is 0 Å². The molecule has 2 aromatic rings. The number of hydrogen-bond donors (Lipinski definition) is 2. The van der Waals surface area contributed by atoms with Gasteiger partial charge in [-0.1, -0.05) is 6.07 Å². The highest BCUT2D eigenvalue weighted by Crippen LogP contribution is 2.42. The van der Waals surface area contributed by atoms with Gasteiger partial charge < -0.3 is 10.6 Å². The van der Waals surface area contributed by atoms with Gasteiger partial charge in [-0.05, 0) is 61.2 Å². The number of amides is 1. The Bertz CT molecular complexity index is 973. The zero-order valence-electron chi connectivity index (χ0n) is 15.3. The Labute approximate surface area is 162 Å². The van der Waals surface area contributed by atoms with Gasteiger partial charge in [0, 0.05) is 40.6 Å². The summed E-state index contributed by atoms with van der Waals surface area (Å²) in [6.07, 6.45) is 2.23. The highest BCUT2D eigenvalue weighted by Gasteiger charge is 2.38. The first-order valence-electron chi connectivity index (χ1n) is 9.05. The van der Waals surface area contributed by atoms with Crippen LogP contribution in [0.25, 0.3) is 0 Å². The second-order valence-electron chi connectivity index (χ2n) is 6.94. The third-order valence-corrected chi connectivity index (χ3v) is 5.73. The Morgan fingerprint density at radius 2 is 2.11 bits per heavy atom. The molecule has 0 spiro atoms. The number of aryl methyl sites for hydroxylation is 1. The zero-order chi connectivity index (χ0) is 19.0. The van der Waals surface area contributed by atoms with Crippen LogP contribution in [0.1, 0.15) is 43.4 Å². The summed E-state index contributed by atoms with van der Waals surface area (Å²) in [4.78, 5) is 30.3. The van der Waals surface area contributed by atoms with Gasteiger partial charge in [-0.25, -0.2) is 4.98 Å². The van der Waals surface area contributed by atoms with Crippen LogP contribution >= 0.6 is 11.3 Å². The van der Waals surface area contributed by atoms with E-state index in [1.165, 1.54) is 0 Å². The molecule has 0 saturated heterocycles. The number of pyridine rings is 1. The van der Waals surface area contributed by atoms with Crippen molar-refractivity contribution in [2.24, 2.45) is 0 Å². The molecule has 0 fully saturated rings. The number of hydrogen-bond acceptors (Lipinski definition) is 5. The normalized spacial score (nSPS) is 19.6. The molecule has 2 N–H and O–H groups in total. The van der Waals surface area contributed by atoms with Gasteiger partial charge in [-0.2, -0.15) is 11.3 Å². The molecule has 6 heteroatoms. The molecule has 0 saturated carbocycles. The van der Waals surface area contributed by atoms with Crippen molar-refractivity contribution in [3.8, 4) is 0 Å². The lowest BCUT2D eigenvalue weighted by molar-refractivity contribution is -0.116. The standard InChI is InChI=1S/C21H21N3O2S/c1-12-5-3-8-17(22-12)24-21(26)18-13(2)23-15-6-4-7-16(25)20(15)19(18)14-9-10-27-11-14/h3,5,8-11,19,23H,4,6-7H2,1-2H3,(H,22,24,26)/t19-/m0/s1.